The van der Waals surface area contributed by atoms with Gasteiger partial charge in [0.1, 0.15) is 5.69 Å². The van der Waals surface area contributed by atoms with Crippen LogP contribution in [-0.4, -0.2) is 4.98 Å². The summed E-state index contributed by atoms with van der Waals surface area (Å²) >= 11 is 5.88. The molecule has 0 N–H and O–H groups in total. The Morgan fingerprint density at radius 1 is 1.47 bits per heavy atom. The van der Waals surface area contributed by atoms with Gasteiger partial charge in [-0.25, -0.2) is 4.98 Å². The molecular weight excluding hydrogens is 236 g/mol. The maximum absolute atomic E-state index is 10.6. The number of nitroso groups, excluding NO2 is 1. The largest absolute Gasteiger partial charge is 0.238 e. The third kappa shape index (κ3) is 2.49. The lowest BCUT2D eigenvalue weighted by Crippen LogP contribution is -2.27. The van der Waals surface area contributed by atoms with E-state index in [2.05, 4.69) is 30.9 Å². The van der Waals surface area contributed by atoms with Crippen LogP contribution in [-0.2, 0) is 12.8 Å². The molecule has 0 amide bonds. The van der Waals surface area contributed by atoms with Crippen LogP contribution < -0.4 is 0 Å². The van der Waals surface area contributed by atoms with Gasteiger partial charge in [-0.3, -0.25) is 0 Å². The summed E-state index contributed by atoms with van der Waals surface area (Å²) in [4.78, 5) is 14.9. The number of halogens is 1. The van der Waals surface area contributed by atoms with Crippen molar-refractivity contribution < 1.29 is 0 Å². The SMILES string of the molecule is CC(C)(C)C1CCc2nc(Cl)c(N=O)cc2C1. The number of nitrogens with zero attached hydrogens (tertiary/aromatic N) is 2. The average molecular weight is 253 g/mol. The Labute approximate surface area is 107 Å². The standard InChI is InChI=1S/C13H17ClN2O/c1-13(2,3)9-4-5-10-8(6-9)7-11(16-17)12(14)15-10/h7,9H,4-6H2,1-3H3. The Bertz CT molecular complexity index is 451. The first-order valence-electron chi connectivity index (χ1n) is 5.93. The highest BCUT2D eigenvalue weighted by molar-refractivity contribution is 6.31. The summed E-state index contributed by atoms with van der Waals surface area (Å²) in [6, 6.07) is 1.80. The van der Waals surface area contributed by atoms with Crippen LogP contribution >= 0.6 is 11.6 Å². The normalized spacial score (nSPS) is 19.9. The van der Waals surface area contributed by atoms with Crippen LogP contribution in [0.15, 0.2) is 11.2 Å². The van der Waals surface area contributed by atoms with Crippen molar-refractivity contribution >= 4 is 17.3 Å². The van der Waals surface area contributed by atoms with Gasteiger partial charge in [0.05, 0.1) is 0 Å². The van der Waals surface area contributed by atoms with Gasteiger partial charge >= 0.3 is 0 Å². The molecule has 0 radical (unpaired) electrons. The lowest BCUT2D eigenvalue weighted by atomic mass is 9.71. The van der Waals surface area contributed by atoms with E-state index in [1.165, 1.54) is 0 Å². The van der Waals surface area contributed by atoms with Crippen molar-refractivity contribution in [2.75, 3.05) is 0 Å². The molecule has 0 spiro atoms. The molecular formula is C13H17ClN2O. The van der Waals surface area contributed by atoms with Gasteiger partial charge in [0.25, 0.3) is 0 Å². The van der Waals surface area contributed by atoms with Crippen molar-refractivity contribution in [1.29, 1.82) is 0 Å². The Morgan fingerprint density at radius 3 is 2.76 bits per heavy atom. The molecule has 0 fully saturated rings. The highest BCUT2D eigenvalue weighted by Gasteiger charge is 2.29. The van der Waals surface area contributed by atoms with Gasteiger partial charge in [-0.05, 0) is 47.4 Å². The van der Waals surface area contributed by atoms with Gasteiger partial charge in [-0.2, -0.15) is 0 Å². The molecule has 0 saturated heterocycles. The van der Waals surface area contributed by atoms with Crippen molar-refractivity contribution in [3.8, 4) is 0 Å². The molecule has 1 aromatic heterocycles. The van der Waals surface area contributed by atoms with Crippen LogP contribution in [0.3, 0.4) is 0 Å². The lowest BCUT2D eigenvalue weighted by Gasteiger charge is -2.34. The van der Waals surface area contributed by atoms with Crippen molar-refractivity contribution in [3.05, 3.63) is 27.4 Å². The van der Waals surface area contributed by atoms with Gasteiger partial charge in [0.15, 0.2) is 5.15 Å². The minimum Gasteiger partial charge on any atom is -0.238 e. The molecule has 1 unspecified atom stereocenters. The predicted molar refractivity (Wildman–Crippen MR) is 69.7 cm³/mol. The minimum absolute atomic E-state index is 0.230. The van der Waals surface area contributed by atoms with Crippen molar-refractivity contribution in [1.82, 2.24) is 4.98 Å². The summed E-state index contributed by atoms with van der Waals surface area (Å²) in [6.07, 6.45) is 3.04. The molecule has 4 heteroatoms. The van der Waals surface area contributed by atoms with Gasteiger partial charge in [-0.1, -0.05) is 32.4 Å². The van der Waals surface area contributed by atoms with E-state index in [1.807, 2.05) is 0 Å². The zero-order chi connectivity index (χ0) is 12.6. The number of aryl methyl sites for hydroxylation is 1. The van der Waals surface area contributed by atoms with E-state index in [4.69, 9.17) is 11.6 Å². The first-order valence-corrected chi connectivity index (χ1v) is 6.31. The molecule has 17 heavy (non-hydrogen) atoms. The number of hydrogen-bond donors (Lipinski definition) is 0. The summed E-state index contributed by atoms with van der Waals surface area (Å²) in [7, 11) is 0. The number of hydrogen-bond acceptors (Lipinski definition) is 3. The van der Waals surface area contributed by atoms with E-state index in [-0.39, 0.29) is 16.3 Å². The topological polar surface area (TPSA) is 42.3 Å². The van der Waals surface area contributed by atoms with Crippen LogP contribution in [0.1, 0.15) is 38.4 Å². The highest BCUT2D eigenvalue weighted by Crippen LogP contribution is 2.38. The fraction of sp³-hybridized carbons (Fsp3) is 0.615. The van der Waals surface area contributed by atoms with Crippen LogP contribution in [0.4, 0.5) is 5.69 Å². The van der Waals surface area contributed by atoms with Crippen LogP contribution in [0.25, 0.3) is 0 Å². The quantitative estimate of drug-likeness (QED) is 0.553. The van der Waals surface area contributed by atoms with E-state index in [0.29, 0.717) is 5.92 Å². The molecule has 0 aliphatic heterocycles. The summed E-state index contributed by atoms with van der Waals surface area (Å²) in [5.74, 6) is 0.623. The van der Waals surface area contributed by atoms with Crippen molar-refractivity contribution in [2.45, 2.75) is 40.0 Å². The van der Waals surface area contributed by atoms with Crippen molar-refractivity contribution in [3.63, 3.8) is 0 Å². The highest BCUT2D eigenvalue weighted by atomic mass is 35.5. The maximum atomic E-state index is 10.6. The summed E-state index contributed by atoms with van der Waals surface area (Å²) in [6.45, 7) is 6.76. The second-order valence-electron chi connectivity index (χ2n) is 5.80. The average Bonchev–Trinajstić information content (AvgIpc) is 2.26. The third-order valence-corrected chi connectivity index (χ3v) is 3.92. The van der Waals surface area contributed by atoms with E-state index in [1.54, 1.807) is 6.07 Å². The molecule has 92 valence electrons. The summed E-state index contributed by atoms with van der Waals surface area (Å²) in [5, 5.41) is 3.15. The molecule has 1 atom stereocenters. The van der Waals surface area contributed by atoms with Crippen LogP contribution in [0.2, 0.25) is 5.15 Å². The molecule has 1 heterocycles. The third-order valence-electron chi connectivity index (χ3n) is 3.65. The predicted octanol–water partition coefficient (Wildman–Crippen LogP) is 4.28. The first-order chi connectivity index (χ1) is 7.91. The smallest absolute Gasteiger partial charge is 0.158 e. The monoisotopic (exact) mass is 252 g/mol. The van der Waals surface area contributed by atoms with E-state index < -0.39 is 0 Å². The van der Waals surface area contributed by atoms with Gasteiger partial charge in [0.2, 0.25) is 0 Å². The van der Waals surface area contributed by atoms with Gasteiger partial charge < -0.3 is 0 Å². The van der Waals surface area contributed by atoms with E-state index in [0.717, 1.165) is 30.5 Å². The number of aromatic nitrogens is 1. The van der Waals surface area contributed by atoms with Gasteiger partial charge in [0, 0.05) is 5.69 Å². The molecule has 1 aliphatic carbocycles. The Kier molecular flexibility index (Phi) is 3.21. The number of fused-ring (bicyclic) bond motifs is 1. The number of rotatable bonds is 1. The Hall–Kier alpha value is -0.960. The zero-order valence-corrected chi connectivity index (χ0v) is 11.2. The fourth-order valence-corrected chi connectivity index (χ4v) is 2.62. The molecule has 2 rings (SSSR count). The van der Waals surface area contributed by atoms with Crippen molar-refractivity contribution in [2.24, 2.45) is 16.5 Å². The minimum atomic E-state index is 0.230. The van der Waals surface area contributed by atoms with E-state index >= 15 is 0 Å². The Morgan fingerprint density at radius 2 is 2.18 bits per heavy atom. The molecule has 3 nitrogen and oxygen atoms in total. The maximum Gasteiger partial charge on any atom is 0.158 e. The number of pyridine rings is 1. The summed E-state index contributed by atoms with van der Waals surface area (Å²) in [5.41, 5.74) is 2.71. The second kappa shape index (κ2) is 4.37. The molecule has 0 aromatic carbocycles. The molecule has 0 bridgehead atoms. The second-order valence-corrected chi connectivity index (χ2v) is 6.16. The van der Waals surface area contributed by atoms with Crippen LogP contribution in [0.5, 0.6) is 0 Å². The zero-order valence-electron chi connectivity index (χ0n) is 10.5. The first kappa shape index (κ1) is 12.5. The Balaban J connectivity index is 2.34. The molecule has 1 aliphatic rings. The lowest BCUT2D eigenvalue weighted by molar-refractivity contribution is 0.215. The van der Waals surface area contributed by atoms with E-state index in [9.17, 15) is 4.91 Å². The molecule has 0 saturated carbocycles. The van der Waals surface area contributed by atoms with Crippen LogP contribution in [0, 0.1) is 16.2 Å². The molecule has 1 aromatic rings. The van der Waals surface area contributed by atoms with Gasteiger partial charge in [-0.15, -0.1) is 4.91 Å². The summed E-state index contributed by atoms with van der Waals surface area (Å²) < 4.78 is 0. The fourth-order valence-electron chi connectivity index (χ4n) is 2.43.